The van der Waals surface area contributed by atoms with Crippen molar-refractivity contribution in [2.24, 2.45) is 0 Å². The van der Waals surface area contributed by atoms with Crippen LogP contribution in [-0.4, -0.2) is 21.1 Å². The molecule has 0 saturated carbocycles. The third-order valence-electron chi connectivity index (χ3n) is 5.96. The summed E-state index contributed by atoms with van der Waals surface area (Å²) in [6.45, 7) is 7.91. The Morgan fingerprint density at radius 2 is 1.84 bits per heavy atom. The second-order valence-corrected chi connectivity index (χ2v) is 8.22. The number of para-hydroxylation sites is 1. The van der Waals surface area contributed by atoms with Gasteiger partial charge >= 0.3 is 0 Å². The van der Waals surface area contributed by atoms with Gasteiger partial charge in [-0.3, -0.25) is 9.36 Å². The molecule has 4 aromatic rings. The molecule has 6 nitrogen and oxygen atoms in total. The first kappa shape index (κ1) is 19.5. The topological polar surface area (TPSA) is 71.8 Å². The summed E-state index contributed by atoms with van der Waals surface area (Å²) in [5, 5.41) is 7.22. The first-order valence-corrected chi connectivity index (χ1v) is 10.6. The Morgan fingerprint density at radius 1 is 1.03 bits per heavy atom. The number of hydrogen-bond donors (Lipinski definition) is 2. The third kappa shape index (κ3) is 3.49. The largest absolute Gasteiger partial charge is 0.324 e. The fraction of sp³-hybridized carbons (Fsp3) is 0.240. The summed E-state index contributed by atoms with van der Waals surface area (Å²) in [4.78, 5) is 22.4. The number of rotatable bonds is 3. The normalized spacial score (nSPS) is 13.3. The Balaban J connectivity index is 1.55. The quantitative estimate of drug-likeness (QED) is 0.531. The SMILES string of the molecule is Cc1cccc(C)c1-n1cc(C)c2nc(Nc3ccc4c(c3)CNCC4)ncc2c1=O. The molecule has 0 unspecified atom stereocenters. The van der Waals surface area contributed by atoms with Crippen molar-refractivity contribution in [3.8, 4) is 5.69 Å². The monoisotopic (exact) mass is 411 g/mol. The fourth-order valence-corrected chi connectivity index (χ4v) is 4.38. The highest BCUT2D eigenvalue weighted by atomic mass is 16.1. The zero-order valence-electron chi connectivity index (χ0n) is 18.0. The minimum Gasteiger partial charge on any atom is -0.324 e. The standard InChI is InChI=1S/C25H25N5O/c1-15-5-4-6-16(2)23(15)30-14-17(3)22-21(24(30)31)13-27-25(29-22)28-20-8-7-18-9-10-26-12-19(18)11-20/h4-8,11,13-14,26H,9-10,12H2,1-3H3,(H,27,28,29). The third-order valence-corrected chi connectivity index (χ3v) is 5.96. The number of benzene rings is 2. The van der Waals surface area contributed by atoms with Gasteiger partial charge in [0, 0.05) is 24.6 Å². The molecule has 2 aromatic carbocycles. The lowest BCUT2D eigenvalue weighted by molar-refractivity contribution is 0.644. The van der Waals surface area contributed by atoms with Crippen LogP contribution in [0.15, 0.2) is 53.6 Å². The highest BCUT2D eigenvalue weighted by Crippen LogP contribution is 2.23. The zero-order chi connectivity index (χ0) is 21.5. The van der Waals surface area contributed by atoms with Gasteiger partial charge in [0.25, 0.3) is 5.56 Å². The smallest absolute Gasteiger partial charge is 0.266 e. The Morgan fingerprint density at radius 3 is 2.65 bits per heavy atom. The molecular weight excluding hydrogens is 386 g/mol. The van der Waals surface area contributed by atoms with Crippen LogP contribution in [0.4, 0.5) is 11.6 Å². The van der Waals surface area contributed by atoms with Crippen molar-refractivity contribution < 1.29 is 0 Å². The first-order chi connectivity index (χ1) is 15.0. The molecular formula is C25H25N5O. The Bertz CT molecular complexity index is 1350. The number of pyridine rings is 1. The minimum absolute atomic E-state index is 0.107. The van der Waals surface area contributed by atoms with E-state index in [0.717, 1.165) is 47.6 Å². The molecule has 2 aromatic heterocycles. The number of anilines is 2. The maximum Gasteiger partial charge on any atom is 0.266 e. The lowest BCUT2D eigenvalue weighted by Gasteiger charge is -2.18. The molecule has 0 atom stereocenters. The van der Waals surface area contributed by atoms with Crippen molar-refractivity contribution in [1.82, 2.24) is 19.9 Å². The maximum absolute atomic E-state index is 13.3. The number of nitrogens with one attached hydrogen (secondary N) is 2. The van der Waals surface area contributed by atoms with Crippen molar-refractivity contribution in [3.63, 3.8) is 0 Å². The lowest BCUT2D eigenvalue weighted by Crippen LogP contribution is -2.23. The highest BCUT2D eigenvalue weighted by Gasteiger charge is 2.14. The van der Waals surface area contributed by atoms with E-state index < -0.39 is 0 Å². The summed E-state index contributed by atoms with van der Waals surface area (Å²) in [6, 6.07) is 12.4. The van der Waals surface area contributed by atoms with Crippen molar-refractivity contribution in [1.29, 1.82) is 0 Å². The van der Waals surface area contributed by atoms with Crippen LogP contribution in [0.5, 0.6) is 0 Å². The molecule has 1 aliphatic rings. The van der Waals surface area contributed by atoms with E-state index in [-0.39, 0.29) is 5.56 Å². The molecule has 31 heavy (non-hydrogen) atoms. The van der Waals surface area contributed by atoms with Gasteiger partial charge in [-0.15, -0.1) is 0 Å². The van der Waals surface area contributed by atoms with E-state index in [1.165, 1.54) is 11.1 Å². The molecule has 2 N–H and O–H groups in total. The molecule has 1 aliphatic heterocycles. The molecule has 0 saturated heterocycles. The highest BCUT2D eigenvalue weighted by molar-refractivity contribution is 5.81. The number of hydrogen-bond acceptors (Lipinski definition) is 5. The summed E-state index contributed by atoms with van der Waals surface area (Å²) in [6.07, 6.45) is 4.55. The predicted octanol–water partition coefficient (Wildman–Crippen LogP) is 4.10. The lowest BCUT2D eigenvalue weighted by atomic mass is 10.0. The predicted molar refractivity (Wildman–Crippen MR) is 124 cm³/mol. The van der Waals surface area contributed by atoms with Gasteiger partial charge in [0.15, 0.2) is 0 Å². The molecule has 0 radical (unpaired) electrons. The Kier molecular flexibility index (Phi) is 4.79. The second-order valence-electron chi connectivity index (χ2n) is 8.22. The summed E-state index contributed by atoms with van der Waals surface area (Å²) < 4.78 is 1.72. The van der Waals surface area contributed by atoms with Crippen molar-refractivity contribution in [2.45, 2.75) is 33.7 Å². The van der Waals surface area contributed by atoms with Crippen LogP contribution in [0.1, 0.15) is 27.8 Å². The van der Waals surface area contributed by atoms with Gasteiger partial charge in [-0.05, 0) is 73.7 Å². The molecule has 5 rings (SSSR count). The molecule has 0 fully saturated rings. The molecule has 0 spiro atoms. The number of fused-ring (bicyclic) bond motifs is 2. The van der Waals surface area contributed by atoms with Crippen LogP contribution in [0, 0.1) is 20.8 Å². The molecule has 6 heteroatoms. The molecule has 0 aliphatic carbocycles. The van der Waals surface area contributed by atoms with Crippen molar-refractivity contribution in [3.05, 3.63) is 87.0 Å². The van der Waals surface area contributed by atoms with E-state index in [1.54, 1.807) is 10.8 Å². The van der Waals surface area contributed by atoms with Gasteiger partial charge < -0.3 is 10.6 Å². The van der Waals surface area contributed by atoms with Crippen LogP contribution in [0.2, 0.25) is 0 Å². The van der Waals surface area contributed by atoms with Crippen molar-refractivity contribution >= 4 is 22.5 Å². The average Bonchev–Trinajstić information content (AvgIpc) is 2.77. The van der Waals surface area contributed by atoms with Crippen LogP contribution in [-0.2, 0) is 13.0 Å². The minimum atomic E-state index is -0.107. The summed E-state index contributed by atoms with van der Waals surface area (Å²) in [7, 11) is 0. The van der Waals surface area contributed by atoms with Gasteiger partial charge in [-0.1, -0.05) is 24.3 Å². The van der Waals surface area contributed by atoms with E-state index >= 15 is 0 Å². The van der Waals surface area contributed by atoms with Crippen LogP contribution >= 0.6 is 0 Å². The summed E-state index contributed by atoms with van der Waals surface area (Å²) >= 11 is 0. The number of aryl methyl sites for hydroxylation is 3. The molecule has 0 amide bonds. The second kappa shape index (κ2) is 7.63. The molecule has 0 bridgehead atoms. The fourth-order valence-electron chi connectivity index (χ4n) is 4.38. The van der Waals surface area contributed by atoms with E-state index in [1.807, 2.05) is 45.2 Å². The number of aromatic nitrogens is 3. The number of nitrogens with zero attached hydrogens (tertiary/aromatic N) is 3. The van der Waals surface area contributed by atoms with Crippen molar-refractivity contribution in [2.75, 3.05) is 11.9 Å². The van der Waals surface area contributed by atoms with E-state index in [9.17, 15) is 4.79 Å². The van der Waals surface area contributed by atoms with E-state index in [4.69, 9.17) is 0 Å². The van der Waals surface area contributed by atoms with Crippen LogP contribution in [0.25, 0.3) is 16.6 Å². The van der Waals surface area contributed by atoms with Gasteiger partial charge in [0.05, 0.1) is 16.6 Å². The van der Waals surface area contributed by atoms with Gasteiger partial charge in [0.2, 0.25) is 5.95 Å². The van der Waals surface area contributed by atoms with E-state index in [0.29, 0.717) is 16.9 Å². The maximum atomic E-state index is 13.3. The van der Waals surface area contributed by atoms with Gasteiger partial charge in [-0.2, -0.15) is 0 Å². The Labute approximate surface area is 181 Å². The summed E-state index contributed by atoms with van der Waals surface area (Å²) in [5.41, 5.74) is 8.15. The summed E-state index contributed by atoms with van der Waals surface area (Å²) in [5.74, 6) is 0.489. The van der Waals surface area contributed by atoms with Crippen LogP contribution < -0.4 is 16.2 Å². The zero-order valence-corrected chi connectivity index (χ0v) is 18.0. The van der Waals surface area contributed by atoms with Gasteiger partial charge in [-0.25, -0.2) is 9.97 Å². The molecule has 156 valence electrons. The molecule has 3 heterocycles. The van der Waals surface area contributed by atoms with E-state index in [2.05, 4.69) is 38.8 Å². The Hall–Kier alpha value is -3.51. The van der Waals surface area contributed by atoms with Gasteiger partial charge in [0.1, 0.15) is 0 Å². The van der Waals surface area contributed by atoms with Crippen LogP contribution in [0.3, 0.4) is 0 Å². The first-order valence-electron chi connectivity index (χ1n) is 10.6. The average molecular weight is 412 g/mol.